The molecule has 0 aromatic heterocycles. The van der Waals surface area contributed by atoms with Gasteiger partial charge in [-0.05, 0) is 35.4 Å². The van der Waals surface area contributed by atoms with Gasteiger partial charge in [-0.15, -0.1) is 0 Å². The minimum atomic E-state index is -0.881. The average Bonchev–Trinajstić information content (AvgIpc) is 2.47. The van der Waals surface area contributed by atoms with Crippen molar-refractivity contribution in [3.63, 3.8) is 0 Å². The summed E-state index contributed by atoms with van der Waals surface area (Å²) in [7, 11) is 1.57. The summed E-state index contributed by atoms with van der Waals surface area (Å²) in [4.78, 5) is 11.2. The Morgan fingerprint density at radius 1 is 1.14 bits per heavy atom. The SMILES string of the molecule is COc1cccc(C(CC(=O)O)c2ccc(Cl)c(Cl)c2)c1. The van der Waals surface area contributed by atoms with Gasteiger partial charge in [0.2, 0.25) is 0 Å². The molecule has 1 unspecified atom stereocenters. The molecule has 0 aliphatic heterocycles. The van der Waals surface area contributed by atoms with E-state index in [9.17, 15) is 4.79 Å². The maximum Gasteiger partial charge on any atom is 0.304 e. The van der Waals surface area contributed by atoms with Crippen LogP contribution >= 0.6 is 23.2 Å². The molecule has 0 saturated heterocycles. The van der Waals surface area contributed by atoms with E-state index in [2.05, 4.69) is 0 Å². The molecule has 0 saturated carbocycles. The smallest absolute Gasteiger partial charge is 0.304 e. The van der Waals surface area contributed by atoms with Gasteiger partial charge in [-0.25, -0.2) is 0 Å². The molecule has 0 fully saturated rings. The Morgan fingerprint density at radius 2 is 1.86 bits per heavy atom. The summed E-state index contributed by atoms with van der Waals surface area (Å²) in [6.45, 7) is 0. The number of rotatable bonds is 5. The van der Waals surface area contributed by atoms with Gasteiger partial charge in [-0.3, -0.25) is 4.79 Å². The largest absolute Gasteiger partial charge is 0.497 e. The van der Waals surface area contributed by atoms with Gasteiger partial charge in [0.25, 0.3) is 0 Å². The molecule has 0 heterocycles. The second kappa shape index (κ2) is 6.83. The highest BCUT2D eigenvalue weighted by molar-refractivity contribution is 6.42. The molecule has 0 spiro atoms. The summed E-state index contributed by atoms with van der Waals surface area (Å²) in [5.41, 5.74) is 1.66. The molecular weight excluding hydrogens is 311 g/mol. The highest BCUT2D eigenvalue weighted by atomic mass is 35.5. The normalized spacial score (nSPS) is 12.0. The van der Waals surface area contributed by atoms with E-state index in [0.717, 1.165) is 11.1 Å². The number of hydrogen-bond donors (Lipinski definition) is 1. The van der Waals surface area contributed by atoms with Crippen molar-refractivity contribution < 1.29 is 14.6 Å². The topological polar surface area (TPSA) is 46.5 Å². The van der Waals surface area contributed by atoms with Crippen LogP contribution in [0.4, 0.5) is 0 Å². The Kier molecular flexibility index (Phi) is 5.10. The molecule has 0 radical (unpaired) electrons. The number of halogens is 2. The van der Waals surface area contributed by atoms with E-state index in [0.29, 0.717) is 15.8 Å². The fourth-order valence-corrected chi connectivity index (χ4v) is 2.50. The average molecular weight is 325 g/mol. The lowest BCUT2D eigenvalue weighted by molar-refractivity contribution is -0.137. The molecule has 110 valence electrons. The predicted molar refractivity (Wildman–Crippen MR) is 83.6 cm³/mol. The minimum absolute atomic E-state index is 0.0366. The van der Waals surface area contributed by atoms with Gasteiger partial charge in [-0.2, -0.15) is 0 Å². The van der Waals surface area contributed by atoms with Crippen LogP contribution in [0.1, 0.15) is 23.5 Å². The van der Waals surface area contributed by atoms with Crippen molar-refractivity contribution in [1.82, 2.24) is 0 Å². The van der Waals surface area contributed by atoms with E-state index in [1.807, 2.05) is 24.3 Å². The molecule has 2 aromatic rings. The fraction of sp³-hybridized carbons (Fsp3) is 0.188. The Hall–Kier alpha value is -1.71. The first-order chi connectivity index (χ1) is 10.0. The lowest BCUT2D eigenvalue weighted by Gasteiger charge is -2.17. The number of aliphatic carboxylic acids is 1. The lowest BCUT2D eigenvalue weighted by atomic mass is 9.88. The van der Waals surface area contributed by atoms with Crippen molar-refractivity contribution in [2.45, 2.75) is 12.3 Å². The van der Waals surface area contributed by atoms with E-state index in [-0.39, 0.29) is 12.3 Å². The predicted octanol–water partition coefficient (Wildman–Crippen LogP) is 4.61. The molecule has 1 N–H and O–H groups in total. The second-order valence-corrected chi connectivity index (χ2v) is 5.42. The van der Waals surface area contributed by atoms with Crippen LogP contribution in [-0.4, -0.2) is 18.2 Å². The minimum Gasteiger partial charge on any atom is -0.497 e. The summed E-state index contributed by atoms with van der Waals surface area (Å²) in [5, 5.41) is 10.0. The van der Waals surface area contributed by atoms with Gasteiger partial charge in [0.05, 0.1) is 23.6 Å². The first kappa shape index (κ1) is 15.7. The molecule has 0 aliphatic rings. The highest BCUT2D eigenvalue weighted by Crippen LogP contribution is 2.33. The number of hydrogen-bond acceptors (Lipinski definition) is 2. The third kappa shape index (κ3) is 3.90. The quantitative estimate of drug-likeness (QED) is 0.873. The number of benzene rings is 2. The van der Waals surface area contributed by atoms with Crippen LogP contribution < -0.4 is 4.74 Å². The van der Waals surface area contributed by atoms with Crippen molar-refractivity contribution in [3.05, 3.63) is 63.6 Å². The summed E-state index contributed by atoms with van der Waals surface area (Å²) in [6, 6.07) is 12.5. The van der Waals surface area contributed by atoms with Crippen LogP contribution in [0, 0.1) is 0 Å². The number of carbonyl (C=O) groups is 1. The van der Waals surface area contributed by atoms with E-state index < -0.39 is 5.97 Å². The number of carboxylic acid groups (broad SMARTS) is 1. The van der Waals surface area contributed by atoms with Gasteiger partial charge >= 0.3 is 5.97 Å². The van der Waals surface area contributed by atoms with Crippen LogP contribution in [0.25, 0.3) is 0 Å². The third-order valence-corrected chi connectivity index (χ3v) is 3.96. The standard InChI is InChI=1S/C16H14Cl2O3/c1-21-12-4-2-3-10(7-12)13(9-16(19)20)11-5-6-14(17)15(18)8-11/h2-8,13H,9H2,1H3,(H,19,20). The summed E-state index contributed by atoms with van der Waals surface area (Å²) in [6.07, 6.45) is -0.0366. The highest BCUT2D eigenvalue weighted by Gasteiger charge is 2.19. The number of carboxylic acids is 1. The van der Waals surface area contributed by atoms with Gasteiger partial charge in [-0.1, -0.05) is 41.4 Å². The van der Waals surface area contributed by atoms with Gasteiger partial charge in [0.1, 0.15) is 5.75 Å². The Morgan fingerprint density at radius 3 is 2.48 bits per heavy atom. The molecule has 5 heteroatoms. The van der Waals surface area contributed by atoms with E-state index >= 15 is 0 Å². The Labute approximate surface area is 133 Å². The third-order valence-electron chi connectivity index (χ3n) is 3.22. The Balaban J connectivity index is 2.46. The molecule has 0 aliphatic carbocycles. The Bertz CT molecular complexity index is 656. The molecule has 0 amide bonds. The molecule has 1 atom stereocenters. The first-order valence-electron chi connectivity index (χ1n) is 6.32. The van der Waals surface area contributed by atoms with Crippen molar-refractivity contribution in [3.8, 4) is 5.75 Å². The fourth-order valence-electron chi connectivity index (χ4n) is 2.19. The van der Waals surface area contributed by atoms with Crippen LogP contribution in [0.15, 0.2) is 42.5 Å². The van der Waals surface area contributed by atoms with Gasteiger partial charge < -0.3 is 9.84 Å². The van der Waals surface area contributed by atoms with Crippen molar-refractivity contribution >= 4 is 29.2 Å². The van der Waals surface area contributed by atoms with Crippen molar-refractivity contribution in [1.29, 1.82) is 0 Å². The van der Waals surface area contributed by atoms with Gasteiger partial charge in [0.15, 0.2) is 0 Å². The molecule has 0 bridgehead atoms. The summed E-state index contributed by atoms with van der Waals surface area (Å²) < 4.78 is 5.19. The molecular formula is C16H14Cl2O3. The van der Waals surface area contributed by atoms with Crippen molar-refractivity contribution in [2.75, 3.05) is 7.11 Å². The first-order valence-corrected chi connectivity index (χ1v) is 7.07. The molecule has 2 rings (SSSR count). The van der Waals surface area contributed by atoms with Crippen LogP contribution in [0.2, 0.25) is 10.0 Å². The monoisotopic (exact) mass is 324 g/mol. The van der Waals surface area contributed by atoms with Crippen LogP contribution in [0.3, 0.4) is 0 Å². The van der Waals surface area contributed by atoms with Crippen LogP contribution in [-0.2, 0) is 4.79 Å². The summed E-state index contributed by atoms with van der Waals surface area (Å²) in [5.74, 6) is -0.510. The van der Waals surface area contributed by atoms with Crippen LogP contribution in [0.5, 0.6) is 5.75 Å². The maximum atomic E-state index is 11.2. The van der Waals surface area contributed by atoms with E-state index in [4.69, 9.17) is 33.0 Å². The zero-order valence-corrected chi connectivity index (χ0v) is 12.9. The van der Waals surface area contributed by atoms with Gasteiger partial charge in [0, 0.05) is 5.92 Å². The second-order valence-electron chi connectivity index (χ2n) is 4.60. The number of methoxy groups -OCH3 is 1. The maximum absolute atomic E-state index is 11.2. The zero-order valence-electron chi connectivity index (χ0n) is 11.3. The van der Waals surface area contributed by atoms with E-state index in [1.54, 1.807) is 25.3 Å². The molecule has 2 aromatic carbocycles. The molecule has 3 nitrogen and oxygen atoms in total. The summed E-state index contributed by atoms with van der Waals surface area (Å²) >= 11 is 12.0. The molecule has 21 heavy (non-hydrogen) atoms. The number of ether oxygens (including phenoxy) is 1. The van der Waals surface area contributed by atoms with Crippen molar-refractivity contribution in [2.24, 2.45) is 0 Å². The zero-order chi connectivity index (χ0) is 15.4. The lowest BCUT2D eigenvalue weighted by Crippen LogP contribution is -2.08. The van der Waals surface area contributed by atoms with E-state index in [1.165, 1.54) is 0 Å².